The summed E-state index contributed by atoms with van der Waals surface area (Å²) >= 11 is 3.09. The van der Waals surface area contributed by atoms with E-state index in [2.05, 4.69) is 28.2 Å². The highest BCUT2D eigenvalue weighted by Gasteiger charge is 2.19. The van der Waals surface area contributed by atoms with Gasteiger partial charge in [-0.05, 0) is 25.6 Å². The van der Waals surface area contributed by atoms with E-state index in [9.17, 15) is 8.78 Å². The van der Waals surface area contributed by atoms with Crippen LogP contribution in [0.2, 0.25) is 0 Å². The lowest BCUT2D eigenvalue weighted by atomic mass is 9.99. The summed E-state index contributed by atoms with van der Waals surface area (Å²) in [6.07, 6.45) is 5.17. The predicted octanol–water partition coefficient (Wildman–Crippen LogP) is 4.96. The number of halogens is 3. The molecule has 0 aliphatic carbocycles. The average molecular weight is 320 g/mol. The molecule has 0 spiro atoms. The van der Waals surface area contributed by atoms with E-state index < -0.39 is 11.6 Å². The van der Waals surface area contributed by atoms with Crippen LogP contribution in [0.3, 0.4) is 0 Å². The van der Waals surface area contributed by atoms with Crippen molar-refractivity contribution in [1.82, 2.24) is 5.32 Å². The van der Waals surface area contributed by atoms with Gasteiger partial charge in [-0.2, -0.15) is 0 Å². The van der Waals surface area contributed by atoms with Crippen molar-refractivity contribution in [3.8, 4) is 0 Å². The molecule has 1 rings (SSSR count). The van der Waals surface area contributed by atoms with Gasteiger partial charge in [-0.15, -0.1) is 0 Å². The largest absolute Gasteiger partial charge is 0.313 e. The molecule has 4 heteroatoms. The average Bonchev–Trinajstić information content (AvgIpc) is 2.31. The SMILES string of the molecule is CCCCCCC(NC)c1c(F)cc(Br)cc1F. The normalized spacial score (nSPS) is 12.7. The van der Waals surface area contributed by atoms with Crippen molar-refractivity contribution in [3.63, 3.8) is 0 Å². The Morgan fingerprint density at radius 3 is 2.28 bits per heavy atom. The highest BCUT2D eigenvalue weighted by Crippen LogP contribution is 2.28. The first-order valence-corrected chi connectivity index (χ1v) is 7.21. The molecule has 0 heterocycles. The van der Waals surface area contributed by atoms with E-state index in [0.717, 1.165) is 25.7 Å². The van der Waals surface area contributed by atoms with Crippen LogP contribution in [-0.2, 0) is 0 Å². The maximum absolute atomic E-state index is 13.8. The van der Waals surface area contributed by atoms with E-state index in [1.54, 1.807) is 7.05 Å². The Labute approximate surface area is 116 Å². The van der Waals surface area contributed by atoms with E-state index in [-0.39, 0.29) is 11.6 Å². The molecule has 18 heavy (non-hydrogen) atoms. The maximum Gasteiger partial charge on any atom is 0.132 e. The Kier molecular flexibility index (Phi) is 6.79. The third kappa shape index (κ3) is 4.32. The van der Waals surface area contributed by atoms with Crippen LogP contribution in [0, 0.1) is 11.6 Å². The second-order valence-corrected chi connectivity index (χ2v) is 5.39. The van der Waals surface area contributed by atoms with Crippen LogP contribution in [0.15, 0.2) is 16.6 Å². The van der Waals surface area contributed by atoms with Crippen molar-refractivity contribution in [2.24, 2.45) is 0 Å². The molecule has 1 unspecified atom stereocenters. The standard InChI is InChI=1S/C14H20BrF2N/c1-3-4-5-6-7-13(18-2)14-11(16)8-10(15)9-12(14)17/h8-9,13,18H,3-7H2,1-2H3. The van der Waals surface area contributed by atoms with Gasteiger partial charge in [0.15, 0.2) is 0 Å². The van der Waals surface area contributed by atoms with Gasteiger partial charge < -0.3 is 5.32 Å². The third-order valence-corrected chi connectivity index (χ3v) is 3.54. The molecule has 0 saturated carbocycles. The van der Waals surface area contributed by atoms with Crippen molar-refractivity contribution in [1.29, 1.82) is 0 Å². The fourth-order valence-corrected chi connectivity index (χ4v) is 2.50. The van der Waals surface area contributed by atoms with Gasteiger partial charge in [0.05, 0.1) is 0 Å². The number of unbranched alkanes of at least 4 members (excludes halogenated alkanes) is 3. The van der Waals surface area contributed by atoms with Crippen molar-refractivity contribution in [2.45, 2.75) is 45.1 Å². The molecular weight excluding hydrogens is 300 g/mol. The molecule has 0 aliphatic heterocycles. The van der Waals surface area contributed by atoms with Crippen molar-refractivity contribution in [2.75, 3.05) is 7.05 Å². The smallest absolute Gasteiger partial charge is 0.132 e. The Bertz CT molecular complexity index is 359. The predicted molar refractivity (Wildman–Crippen MR) is 74.6 cm³/mol. The number of rotatable bonds is 7. The quantitative estimate of drug-likeness (QED) is 0.700. The minimum absolute atomic E-state index is 0.150. The summed E-state index contributed by atoms with van der Waals surface area (Å²) in [6.45, 7) is 2.14. The van der Waals surface area contributed by atoms with E-state index in [1.165, 1.54) is 18.6 Å². The summed E-state index contributed by atoms with van der Waals surface area (Å²) in [5.41, 5.74) is 0.150. The minimum Gasteiger partial charge on any atom is -0.313 e. The number of nitrogens with one attached hydrogen (secondary N) is 1. The monoisotopic (exact) mass is 319 g/mol. The van der Waals surface area contributed by atoms with E-state index >= 15 is 0 Å². The van der Waals surface area contributed by atoms with Gasteiger partial charge in [-0.25, -0.2) is 8.78 Å². The Morgan fingerprint density at radius 2 is 1.78 bits per heavy atom. The van der Waals surface area contributed by atoms with Gasteiger partial charge in [0.1, 0.15) is 11.6 Å². The summed E-state index contributed by atoms with van der Waals surface area (Å²) in [6, 6.07) is 2.37. The fourth-order valence-electron chi connectivity index (χ4n) is 2.09. The highest BCUT2D eigenvalue weighted by atomic mass is 79.9. The van der Waals surface area contributed by atoms with Crippen LogP contribution >= 0.6 is 15.9 Å². The van der Waals surface area contributed by atoms with Crippen molar-refractivity contribution < 1.29 is 8.78 Å². The number of hydrogen-bond donors (Lipinski definition) is 1. The third-order valence-electron chi connectivity index (χ3n) is 3.09. The van der Waals surface area contributed by atoms with Crippen LogP contribution < -0.4 is 5.32 Å². The molecule has 1 aromatic carbocycles. The van der Waals surface area contributed by atoms with Gasteiger partial charge in [-0.1, -0.05) is 48.5 Å². The molecule has 1 atom stereocenters. The first-order chi connectivity index (χ1) is 8.60. The van der Waals surface area contributed by atoms with Gasteiger partial charge in [0, 0.05) is 16.1 Å². The Hall–Kier alpha value is -0.480. The van der Waals surface area contributed by atoms with Crippen LogP contribution in [0.5, 0.6) is 0 Å². The zero-order valence-corrected chi connectivity index (χ0v) is 12.5. The summed E-state index contributed by atoms with van der Waals surface area (Å²) in [7, 11) is 1.74. The second kappa shape index (κ2) is 7.85. The molecule has 0 aromatic heterocycles. The van der Waals surface area contributed by atoms with Gasteiger partial charge in [0.2, 0.25) is 0 Å². The van der Waals surface area contributed by atoms with Gasteiger partial charge >= 0.3 is 0 Å². The molecule has 0 amide bonds. The van der Waals surface area contributed by atoms with E-state index in [0.29, 0.717) is 4.47 Å². The van der Waals surface area contributed by atoms with Crippen molar-refractivity contribution >= 4 is 15.9 Å². The fraction of sp³-hybridized carbons (Fsp3) is 0.571. The first kappa shape index (κ1) is 15.6. The van der Waals surface area contributed by atoms with Gasteiger partial charge in [-0.3, -0.25) is 0 Å². The Balaban J connectivity index is 2.75. The number of hydrogen-bond acceptors (Lipinski definition) is 1. The van der Waals surface area contributed by atoms with E-state index in [4.69, 9.17) is 0 Å². The lowest BCUT2D eigenvalue weighted by molar-refractivity contribution is 0.452. The number of benzene rings is 1. The molecular formula is C14H20BrF2N. The van der Waals surface area contributed by atoms with Crippen LogP contribution in [0.4, 0.5) is 8.78 Å². The van der Waals surface area contributed by atoms with Crippen LogP contribution in [-0.4, -0.2) is 7.05 Å². The van der Waals surface area contributed by atoms with Gasteiger partial charge in [0.25, 0.3) is 0 Å². The highest BCUT2D eigenvalue weighted by molar-refractivity contribution is 9.10. The first-order valence-electron chi connectivity index (χ1n) is 6.41. The Morgan fingerprint density at radius 1 is 1.17 bits per heavy atom. The van der Waals surface area contributed by atoms with Crippen LogP contribution in [0.1, 0.15) is 50.6 Å². The van der Waals surface area contributed by atoms with E-state index in [1.807, 2.05) is 0 Å². The minimum atomic E-state index is -0.489. The molecule has 102 valence electrons. The summed E-state index contributed by atoms with van der Waals surface area (Å²) in [5.74, 6) is -0.978. The summed E-state index contributed by atoms with van der Waals surface area (Å²) < 4.78 is 28.1. The molecule has 0 radical (unpaired) electrons. The summed E-state index contributed by atoms with van der Waals surface area (Å²) in [4.78, 5) is 0. The van der Waals surface area contributed by atoms with Crippen molar-refractivity contribution in [3.05, 3.63) is 33.8 Å². The van der Waals surface area contributed by atoms with Crippen LogP contribution in [0.25, 0.3) is 0 Å². The maximum atomic E-state index is 13.8. The molecule has 1 N–H and O–H groups in total. The zero-order chi connectivity index (χ0) is 13.5. The zero-order valence-electron chi connectivity index (χ0n) is 10.9. The molecule has 1 nitrogen and oxygen atoms in total. The summed E-state index contributed by atoms with van der Waals surface area (Å²) in [5, 5.41) is 3.00. The second-order valence-electron chi connectivity index (χ2n) is 4.47. The molecule has 1 aromatic rings. The molecule has 0 saturated heterocycles. The topological polar surface area (TPSA) is 12.0 Å². The lowest BCUT2D eigenvalue weighted by Crippen LogP contribution is -2.19. The molecule has 0 aliphatic rings. The molecule has 0 bridgehead atoms. The lowest BCUT2D eigenvalue weighted by Gasteiger charge is -2.18. The molecule has 0 fully saturated rings.